The average Bonchev–Trinajstić information content (AvgIpc) is 3.37. The van der Waals surface area contributed by atoms with Gasteiger partial charge in [0.15, 0.2) is 0 Å². The van der Waals surface area contributed by atoms with Gasteiger partial charge in [-0.25, -0.2) is 0 Å². The van der Waals surface area contributed by atoms with Gasteiger partial charge < -0.3 is 19.6 Å². The molecule has 2 saturated heterocycles. The van der Waals surface area contributed by atoms with Gasteiger partial charge in [0.05, 0.1) is 25.3 Å². The second-order valence-electron chi connectivity index (χ2n) is 7.85. The number of furan rings is 1. The molecule has 150 valence electrons. The highest BCUT2D eigenvalue weighted by molar-refractivity contribution is 6.07. The molecule has 0 aliphatic carbocycles. The van der Waals surface area contributed by atoms with E-state index in [4.69, 9.17) is 9.15 Å². The van der Waals surface area contributed by atoms with Gasteiger partial charge in [-0.15, -0.1) is 0 Å². The number of nitrogens with zero attached hydrogens (tertiary/aromatic N) is 1. The minimum absolute atomic E-state index is 0.0528. The number of nitrogens with one attached hydrogen (secondary N) is 1. The Hall–Kier alpha value is -3.06. The van der Waals surface area contributed by atoms with Crippen molar-refractivity contribution in [3.05, 3.63) is 36.4 Å². The summed E-state index contributed by atoms with van der Waals surface area (Å²) in [5, 5.41) is 14.2. The van der Waals surface area contributed by atoms with E-state index in [1.165, 1.54) is 0 Å². The lowest BCUT2D eigenvalue weighted by Crippen LogP contribution is -2.38. The van der Waals surface area contributed by atoms with Crippen molar-refractivity contribution < 1.29 is 23.8 Å². The predicted molar refractivity (Wildman–Crippen MR) is 108 cm³/mol. The zero-order valence-electron chi connectivity index (χ0n) is 16.1. The number of fused-ring (bicyclic) bond motifs is 5. The van der Waals surface area contributed by atoms with Crippen LogP contribution >= 0.6 is 0 Å². The van der Waals surface area contributed by atoms with E-state index in [1.807, 2.05) is 35.2 Å². The fourth-order valence-corrected chi connectivity index (χ4v) is 4.99. The molecule has 3 heterocycles. The molecule has 0 radical (unpaired) electrons. The zero-order valence-corrected chi connectivity index (χ0v) is 16.1. The fraction of sp³-hybridized carbons (Fsp3) is 0.364. The van der Waals surface area contributed by atoms with Crippen molar-refractivity contribution in [2.24, 2.45) is 5.92 Å². The number of rotatable bonds is 5. The molecule has 0 spiro atoms. The molecule has 3 unspecified atom stereocenters. The van der Waals surface area contributed by atoms with Gasteiger partial charge >= 0.3 is 5.97 Å². The Morgan fingerprint density at radius 1 is 1.21 bits per heavy atom. The molecule has 3 atom stereocenters. The van der Waals surface area contributed by atoms with Crippen LogP contribution in [0.1, 0.15) is 19.3 Å². The monoisotopic (exact) mass is 394 g/mol. The van der Waals surface area contributed by atoms with Crippen LogP contribution in [0.2, 0.25) is 0 Å². The number of methoxy groups -OCH3 is 1. The predicted octanol–water partition coefficient (Wildman–Crippen LogP) is 3.47. The number of benzene rings is 2. The molecular weight excluding hydrogens is 372 g/mol. The van der Waals surface area contributed by atoms with Crippen LogP contribution in [0.4, 0.5) is 5.69 Å². The van der Waals surface area contributed by atoms with E-state index in [1.54, 1.807) is 13.2 Å². The van der Waals surface area contributed by atoms with Crippen LogP contribution in [-0.4, -0.2) is 47.6 Å². The highest BCUT2D eigenvalue weighted by atomic mass is 16.5. The van der Waals surface area contributed by atoms with Crippen LogP contribution in [-0.2, 0) is 9.59 Å². The van der Waals surface area contributed by atoms with Crippen molar-refractivity contribution in [2.75, 3.05) is 19.0 Å². The number of aliphatic carboxylic acids is 1. The maximum Gasteiger partial charge on any atom is 0.308 e. The van der Waals surface area contributed by atoms with Crippen LogP contribution < -0.4 is 10.1 Å². The van der Waals surface area contributed by atoms with Crippen molar-refractivity contribution in [2.45, 2.75) is 31.3 Å². The van der Waals surface area contributed by atoms with Crippen molar-refractivity contribution >= 4 is 39.5 Å². The first-order chi connectivity index (χ1) is 14.0. The van der Waals surface area contributed by atoms with E-state index < -0.39 is 5.97 Å². The van der Waals surface area contributed by atoms with E-state index in [2.05, 4.69) is 5.32 Å². The number of ether oxygens (including phenoxy) is 1. The van der Waals surface area contributed by atoms with Crippen molar-refractivity contribution in [1.82, 2.24) is 4.90 Å². The number of hydrogen-bond acceptors (Lipinski definition) is 5. The normalized spacial score (nSPS) is 23.7. The largest absolute Gasteiger partial charge is 0.495 e. The number of carboxylic acid groups (broad SMARTS) is 1. The van der Waals surface area contributed by atoms with E-state index in [9.17, 15) is 14.7 Å². The second-order valence-corrected chi connectivity index (χ2v) is 7.85. The van der Waals surface area contributed by atoms with E-state index in [0.717, 1.165) is 29.2 Å². The Balaban J connectivity index is 1.39. The smallest absolute Gasteiger partial charge is 0.308 e. The van der Waals surface area contributed by atoms with Crippen LogP contribution in [0.25, 0.3) is 21.9 Å². The number of para-hydroxylation sites is 1. The van der Waals surface area contributed by atoms with Crippen LogP contribution in [0.15, 0.2) is 40.8 Å². The van der Waals surface area contributed by atoms with Crippen LogP contribution in [0.5, 0.6) is 5.75 Å². The molecule has 2 aliphatic heterocycles. The number of hydrogen-bond donors (Lipinski definition) is 2. The summed E-state index contributed by atoms with van der Waals surface area (Å²) in [7, 11) is 1.57. The first kappa shape index (κ1) is 18.0. The minimum atomic E-state index is -0.764. The van der Waals surface area contributed by atoms with Crippen molar-refractivity contribution in [3.63, 3.8) is 0 Å². The summed E-state index contributed by atoms with van der Waals surface area (Å²) >= 11 is 0. The minimum Gasteiger partial charge on any atom is -0.495 e. The van der Waals surface area contributed by atoms with Gasteiger partial charge in [0.1, 0.15) is 16.9 Å². The summed E-state index contributed by atoms with van der Waals surface area (Å²) in [5.74, 6) is -0.755. The molecule has 7 heteroatoms. The van der Waals surface area contributed by atoms with Crippen molar-refractivity contribution in [3.8, 4) is 5.75 Å². The Labute approximate surface area is 167 Å². The third-order valence-corrected chi connectivity index (χ3v) is 6.30. The molecule has 1 amide bonds. The third kappa shape index (κ3) is 2.93. The van der Waals surface area contributed by atoms with Gasteiger partial charge in [-0.3, -0.25) is 14.5 Å². The molecular formula is C22H22N2O5. The summed E-state index contributed by atoms with van der Waals surface area (Å²) < 4.78 is 11.4. The quantitative estimate of drug-likeness (QED) is 0.688. The highest BCUT2D eigenvalue weighted by Crippen LogP contribution is 2.42. The lowest BCUT2D eigenvalue weighted by molar-refractivity contribution is -0.142. The Kier molecular flexibility index (Phi) is 4.20. The molecule has 29 heavy (non-hydrogen) atoms. The molecule has 2 bridgehead atoms. The molecule has 2 aromatic carbocycles. The average molecular weight is 394 g/mol. The number of carbonyl (C=O) groups is 2. The zero-order chi connectivity index (χ0) is 20.1. The lowest BCUT2D eigenvalue weighted by atomic mass is 9.89. The van der Waals surface area contributed by atoms with Gasteiger partial charge in [0.2, 0.25) is 5.91 Å². The molecule has 7 nitrogen and oxygen atoms in total. The fourth-order valence-electron chi connectivity index (χ4n) is 4.99. The van der Waals surface area contributed by atoms with Gasteiger partial charge in [0.25, 0.3) is 0 Å². The van der Waals surface area contributed by atoms with Gasteiger partial charge in [-0.1, -0.05) is 18.2 Å². The number of anilines is 1. The van der Waals surface area contributed by atoms with Gasteiger partial charge in [-0.05, 0) is 31.4 Å². The summed E-state index contributed by atoms with van der Waals surface area (Å²) in [6, 6.07) is 11.5. The summed E-state index contributed by atoms with van der Waals surface area (Å²) in [4.78, 5) is 26.2. The maximum atomic E-state index is 12.8. The molecule has 2 aliphatic rings. The van der Waals surface area contributed by atoms with Crippen molar-refractivity contribution in [1.29, 1.82) is 0 Å². The maximum absolute atomic E-state index is 12.8. The van der Waals surface area contributed by atoms with Crippen LogP contribution in [0, 0.1) is 5.92 Å². The first-order valence-corrected chi connectivity index (χ1v) is 9.83. The standard InChI is InChI=1S/C22H22N2O5/c1-28-20-9-14-13-4-2-3-5-18(13)29-19(14)10-16(20)23-21(25)11-24-12-6-7-17(24)15(8-12)22(26)27/h2-5,9-10,12,15,17H,6-8,11H2,1H3,(H,23,25)(H,26,27). The van der Waals surface area contributed by atoms with E-state index >= 15 is 0 Å². The summed E-state index contributed by atoms with van der Waals surface area (Å²) in [6.45, 7) is 0.181. The Morgan fingerprint density at radius 3 is 2.79 bits per heavy atom. The SMILES string of the molecule is COc1cc2c(cc1NC(=O)CN1C3CCC1C(C(=O)O)C3)oc1ccccc12. The lowest BCUT2D eigenvalue weighted by Gasteiger charge is -2.22. The molecule has 2 fully saturated rings. The second kappa shape index (κ2) is 6.77. The highest BCUT2D eigenvalue weighted by Gasteiger charge is 2.49. The Bertz CT molecular complexity index is 1120. The Morgan fingerprint density at radius 2 is 2.03 bits per heavy atom. The number of carboxylic acids is 1. The van der Waals surface area contributed by atoms with Crippen LogP contribution in [0.3, 0.4) is 0 Å². The van der Waals surface area contributed by atoms with Gasteiger partial charge in [0, 0.05) is 28.9 Å². The molecule has 0 saturated carbocycles. The summed E-state index contributed by atoms with van der Waals surface area (Å²) in [5.41, 5.74) is 2.00. The molecule has 3 aromatic rings. The molecule has 2 N–H and O–H groups in total. The number of amides is 1. The number of carbonyl (C=O) groups excluding carboxylic acids is 1. The third-order valence-electron chi connectivity index (χ3n) is 6.30. The first-order valence-electron chi connectivity index (χ1n) is 9.83. The van der Waals surface area contributed by atoms with E-state index in [-0.39, 0.29) is 30.5 Å². The summed E-state index contributed by atoms with van der Waals surface area (Å²) in [6.07, 6.45) is 2.42. The topological polar surface area (TPSA) is 92.0 Å². The molecule has 5 rings (SSSR count). The van der Waals surface area contributed by atoms with Gasteiger partial charge in [-0.2, -0.15) is 0 Å². The molecule has 1 aromatic heterocycles. The van der Waals surface area contributed by atoms with E-state index in [0.29, 0.717) is 23.4 Å².